The van der Waals surface area contributed by atoms with Crippen LogP contribution < -0.4 is 5.32 Å². The molecule has 0 aliphatic rings. The van der Waals surface area contributed by atoms with E-state index >= 15 is 0 Å². The summed E-state index contributed by atoms with van der Waals surface area (Å²) >= 11 is 1.74. The van der Waals surface area contributed by atoms with Crippen molar-refractivity contribution >= 4 is 11.3 Å². The Labute approximate surface area is 97.1 Å². The van der Waals surface area contributed by atoms with Gasteiger partial charge in [0, 0.05) is 24.0 Å². The fourth-order valence-corrected chi connectivity index (χ4v) is 2.05. The van der Waals surface area contributed by atoms with Crippen molar-refractivity contribution in [1.29, 1.82) is 0 Å². The number of nitrogens with zero attached hydrogens (tertiary/aromatic N) is 1. The van der Waals surface area contributed by atoms with Crippen LogP contribution in [0.15, 0.2) is 11.6 Å². The Bertz CT molecular complexity index is 262. The maximum Gasteiger partial charge on any atom is 0.0965 e. The van der Waals surface area contributed by atoms with Crippen LogP contribution in [0.25, 0.3) is 0 Å². The zero-order valence-electron chi connectivity index (χ0n) is 10.2. The molecule has 0 aliphatic carbocycles. The van der Waals surface area contributed by atoms with E-state index in [2.05, 4.69) is 38.0 Å². The average molecular weight is 226 g/mol. The Kier molecular flexibility index (Phi) is 4.74. The largest absolute Gasteiger partial charge is 0.316 e. The van der Waals surface area contributed by atoms with Crippen molar-refractivity contribution in [3.05, 3.63) is 16.6 Å². The zero-order valence-corrected chi connectivity index (χ0v) is 11.0. The third kappa shape index (κ3) is 5.28. The van der Waals surface area contributed by atoms with Crippen LogP contribution in [0.1, 0.15) is 45.0 Å². The quantitative estimate of drug-likeness (QED) is 0.779. The molecule has 0 saturated heterocycles. The number of nitrogens with one attached hydrogen (secondary N) is 1. The first-order chi connectivity index (χ1) is 6.99. The molecule has 2 nitrogen and oxygen atoms in total. The summed E-state index contributed by atoms with van der Waals surface area (Å²) in [4.78, 5) is 4.32. The third-order valence-corrected chi connectivity index (χ3v) is 3.38. The normalized spacial score (nSPS) is 14.1. The van der Waals surface area contributed by atoms with E-state index in [1.165, 1.54) is 11.4 Å². The molecule has 0 saturated carbocycles. The highest BCUT2D eigenvalue weighted by atomic mass is 32.1. The van der Waals surface area contributed by atoms with Crippen molar-refractivity contribution < 1.29 is 0 Å². The van der Waals surface area contributed by atoms with Crippen LogP contribution in [0.3, 0.4) is 0 Å². The number of hydrogen-bond acceptors (Lipinski definition) is 3. The van der Waals surface area contributed by atoms with Gasteiger partial charge in [-0.15, -0.1) is 11.3 Å². The van der Waals surface area contributed by atoms with Crippen molar-refractivity contribution in [3.8, 4) is 0 Å². The Morgan fingerprint density at radius 3 is 2.73 bits per heavy atom. The molecule has 1 N–H and O–H groups in total. The lowest BCUT2D eigenvalue weighted by molar-refractivity contribution is 0.365. The van der Waals surface area contributed by atoms with E-state index in [1.54, 1.807) is 11.3 Å². The highest BCUT2D eigenvalue weighted by Gasteiger charge is 2.10. The summed E-state index contributed by atoms with van der Waals surface area (Å²) in [6.07, 6.45) is 3.10. The fraction of sp³-hybridized carbons (Fsp3) is 0.750. The monoisotopic (exact) mass is 226 g/mol. The standard InChI is InChI=1S/C12H22N2S/c1-10(11-14-7-8-15-11)9-13-6-5-12(2,3)4/h7-8,10,13H,5-6,9H2,1-4H3. The molecule has 0 aromatic carbocycles. The molecule has 1 aromatic rings. The minimum Gasteiger partial charge on any atom is -0.316 e. The minimum absolute atomic E-state index is 0.428. The molecule has 1 rings (SSSR count). The second-order valence-electron chi connectivity index (χ2n) is 5.29. The predicted octanol–water partition coefficient (Wildman–Crippen LogP) is 3.27. The van der Waals surface area contributed by atoms with Gasteiger partial charge in [-0.3, -0.25) is 0 Å². The number of rotatable bonds is 5. The van der Waals surface area contributed by atoms with Gasteiger partial charge in [-0.2, -0.15) is 0 Å². The van der Waals surface area contributed by atoms with Crippen LogP contribution in [-0.4, -0.2) is 18.1 Å². The Morgan fingerprint density at radius 2 is 2.20 bits per heavy atom. The van der Waals surface area contributed by atoms with E-state index in [9.17, 15) is 0 Å². The van der Waals surface area contributed by atoms with Crippen LogP contribution in [0, 0.1) is 5.41 Å². The molecule has 1 unspecified atom stereocenters. The van der Waals surface area contributed by atoms with Crippen molar-refractivity contribution in [2.24, 2.45) is 5.41 Å². The first-order valence-corrected chi connectivity index (χ1v) is 6.47. The lowest BCUT2D eigenvalue weighted by Gasteiger charge is -2.18. The molecule has 0 spiro atoms. The van der Waals surface area contributed by atoms with Gasteiger partial charge < -0.3 is 5.32 Å². The van der Waals surface area contributed by atoms with E-state index in [0.717, 1.165) is 13.1 Å². The van der Waals surface area contributed by atoms with Crippen LogP contribution in [0.2, 0.25) is 0 Å². The van der Waals surface area contributed by atoms with Crippen LogP contribution in [0.4, 0.5) is 0 Å². The smallest absolute Gasteiger partial charge is 0.0965 e. The molecular formula is C12H22N2S. The van der Waals surface area contributed by atoms with Gasteiger partial charge in [-0.05, 0) is 18.4 Å². The van der Waals surface area contributed by atoms with Crippen molar-refractivity contribution in [2.45, 2.75) is 40.0 Å². The van der Waals surface area contributed by atoms with Gasteiger partial charge in [0.25, 0.3) is 0 Å². The first kappa shape index (κ1) is 12.7. The molecule has 0 bridgehead atoms. The van der Waals surface area contributed by atoms with Gasteiger partial charge >= 0.3 is 0 Å². The van der Waals surface area contributed by atoms with Crippen molar-refractivity contribution in [2.75, 3.05) is 13.1 Å². The first-order valence-electron chi connectivity index (χ1n) is 5.59. The summed E-state index contributed by atoms with van der Waals surface area (Å²) in [5, 5.41) is 6.77. The van der Waals surface area contributed by atoms with E-state index in [0.29, 0.717) is 11.3 Å². The van der Waals surface area contributed by atoms with Gasteiger partial charge in [0.2, 0.25) is 0 Å². The Hall–Kier alpha value is -0.410. The molecule has 3 heteroatoms. The summed E-state index contributed by atoms with van der Waals surface area (Å²) in [5.41, 5.74) is 0.428. The highest BCUT2D eigenvalue weighted by Crippen LogP contribution is 2.18. The summed E-state index contributed by atoms with van der Waals surface area (Å²) in [6.45, 7) is 11.2. The second kappa shape index (κ2) is 5.61. The molecule has 86 valence electrons. The Balaban J connectivity index is 2.16. The summed E-state index contributed by atoms with van der Waals surface area (Å²) < 4.78 is 0. The molecular weight excluding hydrogens is 204 g/mol. The maximum atomic E-state index is 4.32. The molecule has 0 fully saturated rings. The predicted molar refractivity (Wildman–Crippen MR) is 67.5 cm³/mol. The van der Waals surface area contributed by atoms with Gasteiger partial charge in [0.15, 0.2) is 0 Å². The summed E-state index contributed by atoms with van der Waals surface area (Å²) in [7, 11) is 0. The molecule has 0 amide bonds. The van der Waals surface area contributed by atoms with Gasteiger partial charge in [0.1, 0.15) is 0 Å². The molecule has 1 aromatic heterocycles. The van der Waals surface area contributed by atoms with Crippen molar-refractivity contribution in [3.63, 3.8) is 0 Å². The third-order valence-electron chi connectivity index (χ3n) is 2.38. The lowest BCUT2D eigenvalue weighted by Crippen LogP contribution is -2.24. The molecule has 0 aliphatic heterocycles. The summed E-state index contributed by atoms with van der Waals surface area (Å²) in [5.74, 6) is 0.532. The number of thiazole rings is 1. The second-order valence-corrected chi connectivity index (χ2v) is 6.21. The van der Waals surface area contributed by atoms with E-state index in [1.807, 2.05) is 11.6 Å². The topological polar surface area (TPSA) is 24.9 Å². The molecule has 1 heterocycles. The summed E-state index contributed by atoms with van der Waals surface area (Å²) in [6, 6.07) is 0. The lowest BCUT2D eigenvalue weighted by atomic mass is 9.92. The molecule has 15 heavy (non-hydrogen) atoms. The van der Waals surface area contributed by atoms with Crippen LogP contribution >= 0.6 is 11.3 Å². The van der Waals surface area contributed by atoms with Crippen molar-refractivity contribution in [1.82, 2.24) is 10.3 Å². The highest BCUT2D eigenvalue weighted by molar-refractivity contribution is 7.09. The van der Waals surface area contributed by atoms with Gasteiger partial charge in [0.05, 0.1) is 5.01 Å². The van der Waals surface area contributed by atoms with Crippen LogP contribution in [0.5, 0.6) is 0 Å². The van der Waals surface area contributed by atoms with Gasteiger partial charge in [-0.25, -0.2) is 4.98 Å². The number of hydrogen-bond donors (Lipinski definition) is 1. The maximum absolute atomic E-state index is 4.32. The van der Waals surface area contributed by atoms with Crippen LogP contribution in [-0.2, 0) is 0 Å². The fourth-order valence-electron chi connectivity index (χ4n) is 1.35. The Morgan fingerprint density at radius 1 is 1.47 bits per heavy atom. The molecule has 0 radical (unpaired) electrons. The molecule has 1 atom stereocenters. The van der Waals surface area contributed by atoms with E-state index in [-0.39, 0.29) is 0 Å². The SMILES string of the molecule is CC(CNCCC(C)(C)C)c1nccs1. The van der Waals surface area contributed by atoms with Gasteiger partial charge in [-0.1, -0.05) is 27.7 Å². The zero-order chi connectivity index (χ0) is 11.3. The average Bonchev–Trinajstić information content (AvgIpc) is 2.63. The van der Waals surface area contributed by atoms with E-state index < -0.39 is 0 Å². The van der Waals surface area contributed by atoms with E-state index in [4.69, 9.17) is 0 Å². The number of aromatic nitrogens is 1. The minimum atomic E-state index is 0.428.